The van der Waals surface area contributed by atoms with Gasteiger partial charge in [-0.25, -0.2) is 0 Å². The Morgan fingerprint density at radius 2 is 0.806 bits per heavy atom. The first-order valence-electron chi connectivity index (χ1n) is 9.87. The summed E-state index contributed by atoms with van der Waals surface area (Å²) in [6, 6.07) is 33.1. The molecule has 0 spiro atoms. The van der Waals surface area contributed by atoms with Gasteiger partial charge < -0.3 is 16.0 Å². The van der Waals surface area contributed by atoms with E-state index in [1.165, 1.54) is 0 Å². The van der Waals surface area contributed by atoms with E-state index in [0.717, 1.165) is 11.4 Å². The van der Waals surface area contributed by atoms with E-state index in [-0.39, 0.29) is 11.8 Å². The van der Waals surface area contributed by atoms with Gasteiger partial charge in [0.05, 0.1) is 0 Å². The molecule has 0 unspecified atom stereocenters. The third kappa shape index (κ3) is 5.36. The third-order valence-electron chi connectivity index (χ3n) is 4.65. The van der Waals surface area contributed by atoms with Crippen molar-refractivity contribution in [2.75, 3.05) is 16.0 Å². The molecule has 0 aliphatic heterocycles. The van der Waals surface area contributed by atoms with E-state index < -0.39 is 0 Å². The predicted molar refractivity (Wildman–Crippen MR) is 125 cm³/mol. The topological polar surface area (TPSA) is 70.2 Å². The van der Waals surface area contributed by atoms with E-state index >= 15 is 0 Å². The molecule has 4 aromatic rings. The maximum Gasteiger partial charge on any atom is 0.255 e. The molecule has 0 aliphatic carbocycles. The minimum Gasteiger partial charge on any atom is -0.356 e. The van der Waals surface area contributed by atoms with Crippen molar-refractivity contribution in [3.63, 3.8) is 0 Å². The van der Waals surface area contributed by atoms with Crippen LogP contribution in [0.25, 0.3) is 0 Å². The lowest BCUT2D eigenvalue weighted by atomic mass is 10.1. The fraction of sp³-hybridized carbons (Fsp3) is 0. The SMILES string of the molecule is O=C(Nc1ccc(C(=O)Nc2ccc(Nc3ccccc3)cc2)cc1)c1ccccc1. The molecule has 0 saturated heterocycles. The zero-order valence-corrected chi connectivity index (χ0v) is 16.7. The number of benzene rings is 4. The first-order chi connectivity index (χ1) is 15.2. The van der Waals surface area contributed by atoms with E-state index in [4.69, 9.17) is 0 Å². The molecule has 5 nitrogen and oxygen atoms in total. The number of anilines is 4. The number of hydrogen-bond donors (Lipinski definition) is 3. The predicted octanol–water partition coefficient (Wildman–Crippen LogP) is 5.93. The first kappa shape index (κ1) is 19.9. The van der Waals surface area contributed by atoms with Gasteiger partial charge in [0.2, 0.25) is 0 Å². The standard InChI is InChI=1S/C26H21N3O2/c30-25(19-7-3-1-4-8-19)28-23-13-11-20(12-14-23)26(31)29-24-17-15-22(16-18-24)27-21-9-5-2-6-10-21/h1-18,27H,(H,28,30)(H,29,31). The van der Waals surface area contributed by atoms with E-state index in [0.29, 0.717) is 22.5 Å². The van der Waals surface area contributed by atoms with Crippen LogP contribution in [0.5, 0.6) is 0 Å². The molecule has 5 heteroatoms. The Hall–Kier alpha value is -4.38. The van der Waals surface area contributed by atoms with Gasteiger partial charge in [-0.1, -0.05) is 36.4 Å². The molecule has 0 fully saturated rings. The minimum atomic E-state index is -0.218. The van der Waals surface area contributed by atoms with Crippen molar-refractivity contribution in [2.45, 2.75) is 0 Å². The van der Waals surface area contributed by atoms with Crippen molar-refractivity contribution in [3.8, 4) is 0 Å². The number of carbonyl (C=O) groups is 2. The molecule has 0 radical (unpaired) electrons. The molecular formula is C26H21N3O2. The molecular weight excluding hydrogens is 386 g/mol. The van der Waals surface area contributed by atoms with Crippen LogP contribution in [0.15, 0.2) is 109 Å². The lowest BCUT2D eigenvalue weighted by Gasteiger charge is -2.09. The van der Waals surface area contributed by atoms with Gasteiger partial charge >= 0.3 is 0 Å². The van der Waals surface area contributed by atoms with Crippen LogP contribution in [0.3, 0.4) is 0 Å². The largest absolute Gasteiger partial charge is 0.356 e. The first-order valence-corrected chi connectivity index (χ1v) is 9.87. The average Bonchev–Trinajstić information content (AvgIpc) is 2.82. The maximum atomic E-state index is 12.5. The summed E-state index contributed by atoms with van der Waals surface area (Å²) in [6.45, 7) is 0. The highest BCUT2D eigenvalue weighted by molar-refractivity contribution is 6.06. The van der Waals surface area contributed by atoms with Gasteiger partial charge in [0.15, 0.2) is 0 Å². The van der Waals surface area contributed by atoms with Crippen LogP contribution in [-0.2, 0) is 0 Å². The fourth-order valence-electron chi connectivity index (χ4n) is 3.03. The number of rotatable bonds is 6. The molecule has 31 heavy (non-hydrogen) atoms. The zero-order valence-electron chi connectivity index (χ0n) is 16.7. The van der Waals surface area contributed by atoms with Gasteiger partial charge in [0, 0.05) is 33.9 Å². The van der Waals surface area contributed by atoms with Gasteiger partial charge in [-0.2, -0.15) is 0 Å². The Labute approximate surface area is 180 Å². The zero-order chi connectivity index (χ0) is 21.5. The van der Waals surface area contributed by atoms with Crippen LogP contribution in [0, 0.1) is 0 Å². The molecule has 0 heterocycles. The van der Waals surface area contributed by atoms with E-state index in [1.807, 2.05) is 72.8 Å². The second-order valence-electron chi connectivity index (χ2n) is 6.92. The van der Waals surface area contributed by atoms with Crippen molar-refractivity contribution < 1.29 is 9.59 Å². The second-order valence-corrected chi connectivity index (χ2v) is 6.92. The van der Waals surface area contributed by atoms with Crippen molar-refractivity contribution in [1.29, 1.82) is 0 Å². The summed E-state index contributed by atoms with van der Waals surface area (Å²) in [7, 11) is 0. The van der Waals surface area contributed by atoms with Crippen LogP contribution in [0.1, 0.15) is 20.7 Å². The summed E-state index contributed by atoms with van der Waals surface area (Å²) in [5.41, 5.74) is 4.34. The van der Waals surface area contributed by atoms with Gasteiger partial charge in [0.25, 0.3) is 11.8 Å². The summed E-state index contributed by atoms with van der Waals surface area (Å²) in [4.78, 5) is 24.8. The Bertz CT molecular complexity index is 1160. The summed E-state index contributed by atoms with van der Waals surface area (Å²) >= 11 is 0. The Morgan fingerprint density at radius 3 is 1.35 bits per heavy atom. The Morgan fingerprint density at radius 1 is 0.419 bits per heavy atom. The van der Waals surface area contributed by atoms with Gasteiger partial charge in [0.1, 0.15) is 0 Å². The highest BCUT2D eigenvalue weighted by Crippen LogP contribution is 2.19. The van der Waals surface area contributed by atoms with Gasteiger partial charge in [-0.15, -0.1) is 0 Å². The molecule has 3 N–H and O–H groups in total. The molecule has 0 aliphatic rings. The molecule has 0 atom stereocenters. The molecule has 0 aromatic heterocycles. The summed E-state index contributed by atoms with van der Waals surface area (Å²) in [5.74, 6) is -0.410. The second kappa shape index (κ2) is 9.41. The number of para-hydroxylation sites is 1. The van der Waals surface area contributed by atoms with Crippen LogP contribution >= 0.6 is 0 Å². The molecule has 2 amide bonds. The molecule has 4 rings (SSSR count). The van der Waals surface area contributed by atoms with Crippen molar-refractivity contribution in [1.82, 2.24) is 0 Å². The van der Waals surface area contributed by atoms with Gasteiger partial charge in [-0.3, -0.25) is 9.59 Å². The van der Waals surface area contributed by atoms with Crippen molar-refractivity contribution in [2.24, 2.45) is 0 Å². The van der Waals surface area contributed by atoms with Crippen molar-refractivity contribution in [3.05, 3.63) is 120 Å². The van der Waals surface area contributed by atoms with Crippen LogP contribution in [-0.4, -0.2) is 11.8 Å². The number of nitrogens with one attached hydrogen (secondary N) is 3. The molecule has 0 saturated carbocycles. The lowest BCUT2D eigenvalue weighted by Crippen LogP contribution is -2.13. The summed E-state index contributed by atoms with van der Waals surface area (Å²) in [5, 5.41) is 9.01. The van der Waals surface area contributed by atoms with E-state index in [2.05, 4.69) is 16.0 Å². The monoisotopic (exact) mass is 407 g/mol. The molecule has 4 aromatic carbocycles. The number of carbonyl (C=O) groups excluding carboxylic acids is 2. The fourth-order valence-corrected chi connectivity index (χ4v) is 3.03. The Balaban J connectivity index is 1.34. The third-order valence-corrected chi connectivity index (χ3v) is 4.65. The lowest BCUT2D eigenvalue weighted by molar-refractivity contribution is 0.102. The highest BCUT2D eigenvalue weighted by atomic mass is 16.2. The van der Waals surface area contributed by atoms with E-state index in [1.54, 1.807) is 36.4 Å². The van der Waals surface area contributed by atoms with Crippen molar-refractivity contribution >= 4 is 34.6 Å². The van der Waals surface area contributed by atoms with E-state index in [9.17, 15) is 9.59 Å². The minimum absolute atomic E-state index is 0.193. The summed E-state index contributed by atoms with van der Waals surface area (Å²) in [6.07, 6.45) is 0. The highest BCUT2D eigenvalue weighted by Gasteiger charge is 2.08. The average molecular weight is 407 g/mol. The van der Waals surface area contributed by atoms with Crippen LogP contribution in [0.4, 0.5) is 22.7 Å². The summed E-state index contributed by atoms with van der Waals surface area (Å²) < 4.78 is 0. The number of hydrogen-bond acceptors (Lipinski definition) is 3. The molecule has 152 valence electrons. The smallest absolute Gasteiger partial charge is 0.255 e. The normalized spacial score (nSPS) is 10.2. The quantitative estimate of drug-likeness (QED) is 0.371. The van der Waals surface area contributed by atoms with Gasteiger partial charge in [-0.05, 0) is 72.8 Å². The number of amides is 2. The maximum absolute atomic E-state index is 12.5. The van der Waals surface area contributed by atoms with Crippen LogP contribution in [0.2, 0.25) is 0 Å². The van der Waals surface area contributed by atoms with Crippen LogP contribution < -0.4 is 16.0 Å². The Kier molecular flexibility index (Phi) is 6.05. The molecule has 0 bridgehead atoms.